The van der Waals surface area contributed by atoms with Gasteiger partial charge in [-0.15, -0.1) is 0 Å². The van der Waals surface area contributed by atoms with E-state index in [-0.39, 0.29) is 0 Å². The molecule has 0 aliphatic carbocycles. The normalized spacial score (nSPS) is 10.6. The summed E-state index contributed by atoms with van der Waals surface area (Å²) in [7, 11) is 0. The molecule has 0 atom stereocenters. The van der Waals surface area contributed by atoms with Crippen LogP contribution in [0.3, 0.4) is 0 Å². The summed E-state index contributed by atoms with van der Waals surface area (Å²) in [4.78, 5) is 7.70. The van der Waals surface area contributed by atoms with E-state index in [0.29, 0.717) is 6.54 Å². The number of nitrogens with two attached hydrogens (primary N) is 1. The van der Waals surface area contributed by atoms with Gasteiger partial charge in [-0.2, -0.15) is 0 Å². The van der Waals surface area contributed by atoms with E-state index in [1.165, 1.54) is 0 Å². The van der Waals surface area contributed by atoms with Crippen LogP contribution < -0.4 is 5.73 Å². The Morgan fingerprint density at radius 3 is 2.33 bits per heavy atom. The molecule has 3 heteroatoms. The molecule has 1 aromatic heterocycles. The van der Waals surface area contributed by atoms with Gasteiger partial charge in [-0.25, -0.2) is 4.98 Å². The van der Waals surface area contributed by atoms with Crippen LogP contribution in [0.25, 0.3) is 11.4 Å². The van der Waals surface area contributed by atoms with Crippen molar-refractivity contribution in [3.8, 4) is 11.4 Å². The number of nitrogens with zero attached hydrogens (tertiary/aromatic N) is 1. The van der Waals surface area contributed by atoms with Crippen LogP contribution in [0.5, 0.6) is 0 Å². The van der Waals surface area contributed by atoms with E-state index in [1.807, 2.05) is 38.1 Å². The van der Waals surface area contributed by atoms with Crippen molar-refractivity contribution < 1.29 is 0 Å². The van der Waals surface area contributed by atoms with E-state index in [1.54, 1.807) is 0 Å². The number of nitrogens with one attached hydrogen (secondary N) is 1. The van der Waals surface area contributed by atoms with Crippen molar-refractivity contribution in [1.82, 2.24) is 9.97 Å². The quantitative estimate of drug-likeness (QED) is 0.782. The highest BCUT2D eigenvalue weighted by molar-refractivity contribution is 5.56. The fraction of sp³-hybridized carbons (Fsp3) is 0.250. The number of hydrogen-bond acceptors (Lipinski definition) is 2. The number of H-pyrrole nitrogens is 1. The van der Waals surface area contributed by atoms with Crippen LogP contribution in [-0.2, 0) is 6.54 Å². The molecule has 0 aliphatic rings. The number of aromatic amines is 1. The third kappa shape index (κ3) is 1.92. The molecule has 0 unspecified atom stereocenters. The Balaban J connectivity index is 2.37. The first-order valence-corrected chi connectivity index (χ1v) is 5.03. The summed E-state index contributed by atoms with van der Waals surface area (Å²) in [6.07, 6.45) is 0. The maximum atomic E-state index is 5.54. The maximum Gasteiger partial charge on any atom is 0.137 e. The fourth-order valence-corrected chi connectivity index (χ4v) is 1.48. The minimum Gasteiger partial charge on any atom is -0.342 e. The molecule has 15 heavy (non-hydrogen) atoms. The fourth-order valence-electron chi connectivity index (χ4n) is 1.48. The number of imidazole rings is 1. The Hall–Kier alpha value is -1.61. The van der Waals surface area contributed by atoms with Crippen LogP contribution in [0.2, 0.25) is 0 Å². The van der Waals surface area contributed by atoms with Crippen molar-refractivity contribution in [2.24, 2.45) is 5.73 Å². The topological polar surface area (TPSA) is 54.7 Å². The van der Waals surface area contributed by atoms with Gasteiger partial charge in [-0.1, -0.05) is 24.3 Å². The molecule has 0 fully saturated rings. The largest absolute Gasteiger partial charge is 0.342 e. The number of aryl methyl sites for hydroxylation is 2. The van der Waals surface area contributed by atoms with Gasteiger partial charge in [0.15, 0.2) is 0 Å². The molecule has 0 amide bonds. The van der Waals surface area contributed by atoms with Crippen LogP contribution >= 0.6 is 0 Å². The van der Waals surface area contributed by atoms with E-state index in [9.17, 15) is 0 Å². The highest BCUT2D eigenvalue weighted by Gasteiger charge is 2.04. The lowest BCUT2D eigenvalue weighted by atomic mass is 10.1. The van der Waals surface area contributed by atoms with Crippen LogP contribution in [0.4, 0.5) is 0 Å². The van der Waals surface area contributed by atoms with Crippen molar-refractivity contribution in [1.29, 1.82) is 0 Å². The van der Waals surface area contributed by atoms with Gasteiger partial charge in [0.25, 0.3) is 0 Å². The molecular formula is C12H15N3. The second kappa shape index (κ2) is 3.87. The lowest BCUT2D eigenvalue weighted by Crippen LogP contribution is -1.95. The summed E-state index contributed by atoms with van der Waals surface area (Å²) in [5.74, 6) is 0.925. The van der Waals surface area contributed by atoms with Crippen molar-refractivity contribution in [2.45, 2.75) is 20.4 Å². The summed E-state index contributed by atoms with van der Waals surface area (Å²) >= 11 is 0. The molecule has 2 aromatic rings. The van der Waals surface area contributed by atoms with Gasteiger partial charge in [0, 0.05) is 17.8 Å². The molecule has 0 aliphatic heterocycles. The highest BCUT2D eigenvalue weighted by atomic mass is 14.9. The first kappa shape index (κ1) is 9.93. The third-order valence-corrected chi connectivity index (χ3v) is 2.59. The Labute approximate surface area is 89.4 Å². The van der Waals surface area contributed by atoms with Crippen LogP contribution in [0.15, 0.2) is 24.3 Å². The van der Waals surface area contributed by atoms with E-state index >= 15 is 0 Å². The van der Waals surface area contributed by atoms with E-state index in [2.05, 4.69) is 9.97 Å². The summed E-state index contributed by atoms with van der Waals surface area (Å²) in [5, 5.41) is 0. The average Bonchev–Trinajstić information content (AvgIpc) is 2.59. The second-order valence-electron chi connectivity index (χ2n) is 3.70. The molecule has 0 spiro atoms. The van der Waals surface area contributed by atoms with Gasteiger partial charge in [-0.3, -0.25) is 0 Å². The zero-order valence-corrected chi connectivity index (χ0v) is 9.04. The zero-order valence-electron chi connectivity index (χ0n) is 9.04. The Morgan fingerprint density at radius 1 is 1.20 bits per heavy atom. The maximum absolute atomic E-state index is 5.54. The van der Waals surface area contributed by atoms with Gasteiger partial charge >= 0.3 is 0 Å². The minimum absolute atomic E-state index is 0.580. The summed E-state index contributed by atoms with van der Waals surface area (Å²) in [5.41, 5.74) is 9.95. The van der Waals surface area contributed by atoms with E-state index in [4.69, 9.17) is 5.73 Å². The van der Waals surface area contributed by atoms with Crippen molar-refractivity contribution in [3.63, 3.8) is 0 Å². The van der Waals surface area contributed by atoms with Gasteiger partial charge in [0.1, 0.15) is 5.82 Å². The minimum atomic E-state index is 0.580. The summed E-state index contributed by atoms with van der Waals surface area (Å²) in [6, 6.07) is 8.14. The lowest BCUT2D eigenvalue weighted by molar-refractivity contribution is 1.07. The van der Waals surface area contributed by atoms with Crippen molar-refractivity contribution >= 4 is 0 Å². The molecule has 2 rings (SSSR count). The predicted molar refractivity (Wildman–Crippen MR) is 61.4 cm³/mol. The van der Waals surface area contributed by atoms with Gasteiger partial charge in [-0.05, 0) is 19.4 Å². The molecule has 0 saturated carbocycles. The predicted octanol–water partition coefficient (Wildman–Crippen LogP) is 2.15. The smallest absolute Gasteiger partial charge is 0.137 e. The summed E-state index contributed by atoms with van der Waals surface area (Å²) < 4.78 is 0. The molecule has 0 bridgehead atoms. The monoisotopic (exact) mass is 201 g/mol. The molecule has 78 valence electrons. The highest BCUT2D eigenvalue weighted by Crippen LogP contribution is 2.17. The van der Waals surface area contributed by atoms with Crippen LogP contribution in [-0.4, -0.2) is 9.97 Å². The third-order valence-electron chi connectivity index (χ3n) is 2.59. The number of rotatable bonds is 2. The van der Waals surface area contributed by atoms with Crippen molar-refractivity contribution in [3.05, 3.63) is 41.2 Å². The molecule has 3 nitrogen and oxygen atoms in total. The molecular weight excluding hydrogens is 186 g/mol. The van der Waals surface area contributed by atoms with Gasteiger partial charge in [0.2, 0.25) is 0 Å². The molecule has 3 N–H and O–H groups in total. The molecule has 0 saturated heterocycles. The molecule has 0 radical (unpaired) electrons. The first-order chi connectivity index (χ1) is 7.20. The standard InChI is InChI=1S/C12H15N3/c1-8-9(2)15-12(14-8)11-5-3-10(7-13)4-6-11/h3-6H,7,13H2,1-2H3,(H,14,15). The van der Waals surface area contributed by atoms with E-state index in [0.717, 1.165) is 28.3 Å². The first-order valence-electron chi connectivity index (χ1n) is 5.03. The van der Waals surface area contributed by atoms with Crippen molar-refractivity contribution in [2.75, 3.05) is 0 Å². The Bertz CT molecular complexity index is 435. The lowest BCUT2D eigenvalue weighted by Gasteiger charge is -1.99. The van der Waals surface area contributed by atoms with E-state index < -0.39 is 0 Å². The average molecular weight is 201 g/mol. The molecule has 1 aromatic carbocycles. The zero-order chi connectivity index (χ0) is 10.8. The number of hydrogen-bond donors (Lipinski definition) is 2. The SMILES string of the molecule is Cc1nc(-c2ccc(CN)cc2)[nH]c1C. The number of benzene rings is 1. The Morgan fingerprint density at radius 2 is 1.87 bits per heavy atom. The summed E-state index contributed by atoms with van der Waals surface area (Å²) in [6.45, 7) is 4.61. The van der Waals surface area contributed by atoms with Crippen LogP contribution in [0.1, 0.15) is 17.0 Å². The van der Waals surface area contributed by atoms with Gasteiger partial charge < -0.3 is 10.7 Å². The Kier molecular flexibility index (Phi) is 2.56. The van der Waals surface area contributed by atoms with Crippen LogP contribution in [0, 0.1) is 13.8 Å². The second-order valence-corrected chi connectivity index (χ2v) is 3.70. The molecule has 1 heterocycles. The van der Waals surface area contributed by atoms with Gasteiger partial charge in [0.05, 0.1) is 5.69 Å². The number of aromatic nitrogens is 2.